The Balaban J connectivity index is 1.50. The molecule has 2 aromatic carbocycles. The molecule has 0 fully saturated rings. The molecule has 1 heterocycles. The van der Waals surface area contributed by atoms with E-state index in [1.54, 1.807) is 12.1 Å². The average molecular weight is 407 g/mol. The van der Waals surface area contributed by atoms with E-state index in [1.165, 1.54) is 5.56 Å². The quantitative estimate of drug-likeness (QED) is 0.663. The smallest absolute Gasteiger partial charge is 0.156 e. The molecule has 2 aromatic rings. The molecule has 158 valence electrons. The van der Waals surface area contributed by atoms with Crippen molar-refractivity contribution in [2.75, 3.05) is 13.2 Å². The molecule has 0 radical (unpaired) electrons. The maximum absolute atomic E-state index is 12.1. The second-order valence-electron chi connectivity index (χ2n) is 8.99. The lowest BCUT2D eigenvalue weighted by molar-refractivity contribution is -0.115. The van der Waals surface area contributed by atoms with Gasteiger partial charge in [-0.3, -0.25) is 4.79 Å². The van der Waals surface area contributed by atoms with E-state index >= 15 is 0 Å². The first-order valence-electron chi connectivity index (χ1n) is 10.8. The molecule has 1 aliphatic heterocycles. The number of phenolic OH excluding ortho intramolecular Hbond substituents is 1. The summed E-state index contributed by atoms with van der Waals surface area (Å²) >= 11 is 0. The Bertz CT molecular complexity index is 958. The van der Waals surface area contributed by atoms with Crippen LogP contribution in [0.25, 0.3) is 5.57 Å². The Morgan fingerprint density at radius 2 is 2.00 bits per heavy atom. The number of hydrogen-bond donors (Lipinski definition) is 1. The average Bonchev–Trinajstić information content (AvgIpc) is 2.70. The number of allylic oxidation sites excluding steroid dienone is 1. The van der Waals surface area contributed by atoms with Gasteiger partial charge in [-0.2, -0.15) is 0 Å². The minimum Gasteiger partial charge on any atom is -0.507 e. The van der Waals surface area contributed by atoms with Gasteiger partial charge in [-0.05, 0) is 61.6 Å². The third-order valence-corrected chi connectivity index (χ3v) is 6.29. The fourth-order valence-corrected chi connectivity index (χ4v) is 4.58. The highest BCUT2D eigenvalue weighted by molar-refractivity contribution is 6.01. The third-order valence-electron chi connectivity index (χ3n) is 6.29. The minimum atomic E-state index is -0.417. The largest absolute Gasteiger partial charge is 0.507 e. The van der Waals surface area contributed by atoms with Gasteiger partial charge in [0.25, 0.3) is 0 Å². The predicted molar refractivity (Wildman–Crippen MR) is 118 cm³/mol. The van der Waals surface area contributed by atoms with Crippen molar-refractivity contribution in [3.63, 3.8) is 0 Å². The van der Waals surface area contributed by atoms with Crippen LogP contribution in [0.5, 0.6) is 11.5 Å². The van der Waals surface area contributed by atoms with Gasteiger partial charge in [-0.1, -0.05) is 37.3 Å². The SMILES string of the molecule is CC(COCCc1ccccc1)c1cc(O)c2c(c1)OC(C)(C)C1CCC(=O)C=C21. The van der Waals surface area contributed by atoms with Gasteiger partial charge in [0.2, 0.25) is 0 Å². The molecule has 1 N–H and O–H groups in total. The second-order valence-corrected chi connectivity index (χ2v) is 8.99. The predicted octanol–water partition coefficient (Wildman–Crippen LogP) is 5.29. The second kappa shape index (κ2) is 8.27. The molecule has 0 spiro atoms. The van der Waals surface area contributed by atoms with Crippen LogP contribution in [0.4, 0.5) is 0 Å². The normalized spacial score (nSPS) is 20.6. The van der Waals surface area contributed by atoms with Gasteiger partial charge >= 0.3 is 0 Å². The standard InChI is InChI=1S/C26H30O4/c1-17(16-29-12-11-18-7-5-4-6-8-18)19-13-23(28)25-21-15-20(27)9-10-22(21)26(2,3)30-24(25)14-19/h4-8,13-15,17,22,28H,9-12,16H2,1-3H3. The summed E-state index contributed by atoms with van der Waals surface area (Å²) in [7, 11) is 0. The van der Waals surface area contributed by atoms with E-state index in [0.29, 0.717) is 30.9 Å². The van der Waals surface area contributed by atoms with Gasteiger partial charge in [0.15, 0.2) is 5.78 Å². The van der Waals surface area contributed by atoms with Crippen molar-refractivity contribution >= 4 is 11.4 Å². The number of benzene rings is 2. The van der Waals surface area contributed by atoms with E-state index in [-0.39, 0.29) is 23.4 Å². The summed E-state index contributed by atoms with van der Waals surface area (Å²) < 4.78 is 12.2. The summed E-state index contributed by atoms with van der Waals surface area (Å²) in [6.07, 6.45) is 3.87. The van der Waals surface area contributed by atoms with Crippen LogP contribution in [-0.4, -0.2) is 29.7 Å². The van der Waals surface area contributed by atoms with Crippen molar-refractivity contribution in [2.24, 2.45) is 5.92 Å². The first-order chi connectivity index (χ1) is 14.3. The molecule has 0 saturated heterocycles. The van der Waals surface area contributed by atoms with Crippen molar-refractivity contribution in [1.82, 2.24) is 0 Å². The Hall–Kier alpha value is -2.59. The van der Waals surface area contributed by atoms with Crippen LogP contribution in [-0.2, 0) is 16.0 Å². The van der Waals surface area contributed by atoms with Crippen molar-refractivity contribution in [2.45, 2.75) is 51.6 Å². The zero-order valence-electron chi connectivity index (χ0n) is 18.0. The number of fused-ring (bicyclic) bond motifs is 3. The maximum Gasteiger partial charge on any atom is 0.156 e. The Morgan fingerprint density at radius 1 is 1.23 bits per heavy atom. The molecule has 2 aliphatic rings. The van der Waals surface area contributed by atoms with E-state index in [2.05, 4.69) is 32.9 Å². The molecule has 2 atom stereocenters. The number of hydrogen-bond acceptors (Lipinski definition) is 4. The van der Waals surface area contributed by atoms with Crippen molar-refractivity contribution < 1.29 is 19.4 Å². The topological polar surface area (TPSA) is 55.8 Å². The summed E-state index contributed by atoms with van der Waals surface area (Å²) in [5.41, 5.74) is 3.40. The third kappa shape index (κ3) is 4.15. The van der Waals surface area contributed by atoms with Gasteiger partial charge in [0, 0.05) is 18.3 Å². The number of carbonyl (C=O) groups excluding carboxylic acids is 1. The number of rotatable bonds is 6. The molecule has 2 unspecified atom stereocenters. The number of phenols is 1. The molecule has 30 heavy (non-hydrogen) atoms. The van der Waals surface area contributed by atoms with Gasteiger partial charge in [0.1, 0.15) is 17.1 Å². The summed E-state index contributed by atoms with van der Waals surface area (Å²) in [6, 6.07) is 14.1. The van der Waals surface area contributed by atoms with Crippen LogP contribution in [0.2, 0.25) is 0 Å². The molecule has 4 heteroatoms. The van der Waals surface area contributed by atoms with Crippen LogP contribution in [0, 0.1) is 5.92 Å². The molecule has 0 aromatic heterocycles. The minimum absolute atomic E-state index is 0.109. The lowest BCUT2D eigenvalue weighted by Gasteiger charge is -2.43. The van der Waals surface area contributed by atoms with E-state index in [9.17, 15) is 9.90 Å². The molecule has 0 saturated carbocycles. The first-order valence-corrected chi connectivity index (χ1v) is 10.8. The van der Waals surface area contributed by atoms with Gasteiger partial charge < -0.3 is 14.6 Å². The Morgan fingerprint density at radius 3 is 2.77 bits per heavy atom. The van der Waals surface area contributed by atoms with Crippen LogP contribution in [0.1, 0.15) is 56.2 Å². The Kier molecular flexibility index (Phi) is 5.70. The highest BCUT2D eigenvalue weighted by atomic mass is 16.5. The molecule has 4 rings (SSSR count). The zero-order valence-corrected chi connectivity index (χ0v) is 18.0. The maximum atomic E-state index is 12.1. The fourth-order valence-electron chi connectivity index (χ4n) is 4.58. The van der Waals surface area contributed by atoms with Crippen molar-refractivity contribution in [3.05, 3.63) is 65.2 Å². The zero-order chi connectivity index (χ0) is 21.3. The monoisotopic (exact) mass is 406 g/mol. The fraction of sp³-hybridized carbons (Fsp3) is 0.423. The number of ether oxygens (including phenoxy) is 2. The number of ketones is 1. The van der Waals surface area contributed by atoms with Crippen LogP contribution in [0.15, 0.2) is 48.5 Å². The highest BCUT2D eigenvalue weighted by Gasteiger charge is 2.43. The van der Waals surface area contributed by atoms with Gasteiger partial charge in [-0.25, -0.2) is 0 Å². The van der Waals surface area contributed by atoms with Crippen LogP contribution in [0.3, 0.4) is 0 Å². The summed E-state index contributed by atoms with van der Waals surface area (Å²) in [5.74, 6) is 1.18. The molecule has 4 nitrogen and oxygen atoms in total. The van der Waals surface area contributed by atoms with E-state index in [4.69, 9.17) is 9.47 Å². The summed E-state index contributed by atoms with van der Waals surface area (Å²) in [6.45, 7) is 7.43. The van der Waals surface area contributed by atoms with Crippen LogP contribution >= 0.6 is 0 Å². The van der Waals surface area contributed by atoms with Crippen molar-refractivity contribution in [1.29, 1.82) is 0 Å². The van der Waals surface area contributed by atoms with Crippen LogP contribution < -0.4 is 4.74 Å². The number of carbonyl (C=O) groups is 1. The van der Waals surface area contributed by atoms with E-state index < -0.39 is 5.60 Å². The molecular weight excluding hydrogens is 376 g/mol. The van der Waals surface area contributed by atoms with Gasteiger partial charge in [-0.15, -0.1) is 0 Å². The lowest BCUT2D eigenvalue weighted by Crippen LogP contribution is -2.43. The van der Waals surface area contributed by atoms with E-state index in [1.807, 2.05) is 24.3 Å². The van der Waals surface area contributed by atoms with Gasteiger partial charge in [0.05, 0.1) is 18.8 Å². The molecule has 0 bridgehead atoms. The summed E-state index contributed by atoms with van der Waals surface area (Å²) in [5, 5.41) is 10.8. The molecule has 0 amide bonds. The molecule has 1 aliphatic carbocycles. The summed E-state index contributed by atoms with van der Waals surface area (Å²) in [4.78, 5) is 12.1. The van der Waals surface area contributed by atoms with Crippen molar-refractivity contribution in [3.8, 4) is 11.5 Å². The molecular formula is C26H30O4. The first kappa shape index (κ1) is 20.7. The Labute approximate surface area is 178 Å². The lowest BCUT2D eigenvalue weighted by atomic mass is 9.72. The van der Waals surface area contributed by atoms with E-state index in [0.717, 1.165) is 24.0 Å². The highest BCUT2D eigenvalue weighted by Crippen LogP contribution is 2.51. The number of aromatic hydroxyl groups is 1.